The van der Waals surface area contributed by atoms with Crippen molar-refractivity contribution in [3.05, 3.63) is 70.9 Å². The first-order valence-electron chi connectivity index (χ1n) is 9.34. The van der Waals surface area contributed by atoms with E-state index in [1.54, 1.807) is 12.1 Å². The minimum absolute atomic E-state index is 0.339. The SMILES string of the molecule is Cc1ccccc1Cc1nc(CN2CCCc3ccc(S(C)(=O)=O)cc32)no1. The maximum Gasteiger partial charge on any atom is 0.231 e. The van der Waals surface area contributed by atoms with Gasteiger partial charge >= 0.3 is 0 Å². The summed E-state index contributed by atoms with van der Waals surface area (Å²) < 4.78 is 29.3. The molecule has 0 N–H and O–H groups in total. The zero-order valence-electron chi connectivity index (χ0n) is 16.1. The van der Waals surface area contributed by atoms with E-state index in [2.05, 4.69) is 34.1 Å². The molecule has 0 radical (unpaired) electrons. The topological polar surface area (TPSA) is 76.3 Å². The molecule has 0 atom stereocenters. The van der Waals surface area contributed by atoms with Crippen molar-refractivity contribution in [2.24, 2.45) is 0 Å². The predicted octanol–water partition coefficient (Wildman–Crippen LogP) is 3.33. The fourth-order valence-electron chi connectivity index (χ4n) is 3.59. The summed E-state index contributed by atoms with van der Waals surface area (Å²) in [6.45, 7) is 3.40. The van der Waals surface area contributed by atoms with Crippen LogP contribution in [0.4, 0.5) is 5.69 Å². The van der Waals surface area contributed by atoms with Crippen molar-refractivity contribution in [2.75, 3.05) is 17.7 Å². The largest absolute Gasteiger partial charge is 0.364 e. The maximum atomic E-state index is 11.9. The molecule has 146 valence electrons. The lowest BCUT2D eigenvalue weighted by Gasteiger charge is -2.30. The normalized spacial score (nSPS) is 14.1. The summed E-state index contributed by atoms with van der Waals surface area (Å²) in [5.74, 6) is 1.20. The molecule has 0 saturated heterocycles. The van der Waals surface area contributed by atoms with Crippen LogP contribution in [-0.4, -0.2) is 31.4 Å². The lowest BCUT2D eigenvalue weighted by molar-refractivity contribution is 0.378. The van der Waals surface area contributed by atoms with Gasteiger partial charge in [0.15, 0.2) is 15.7 Å². The highest BCUT2D eigenvalue weighted by atomic mass is 32.2. The van der Waals surface area contributed by atoms with Gasteiger partial charge in [0.05, 0.1) is 17.9 Å². The third-order valence-corrected chi connectivity index (χ3v) is 6.26. The quantitative estimate of drug-likeness (QED) is 0.657. The smallest absolute Gasteiger partial charge is 0.231 e. The molecule has 7 heteroatoms. The van der Waals surface area contributed by atoms with Crippen molar-refractivity contribution >= 4 is 15.5 Å². The Morgan fingerprint density at radius 3 is 2.79 bits per heavy atom. The average molecular weight is 398 g/mol. The number of aromatic nitrogens is 2. The van der Waals surface area contributed by atoms with Gasteiger partial charge in [-0.15, -0.1) is 0 Å². The first kappa shape index (κ1) is 18.7. The van der Waals surface area contributed by atoms with E-state index < -0.39 is 9.84 Å². The van der Waals surface area contributed by atoms with Gasteiger partial charge in [0.2, 0.25) is 5.89 Å². The van der Waals surface area contributed by atoms with Crippen molar-refractivity contribution in [3.8, 4) is 0 Å². The van der Waals surface area contributed by atoms with Gasteiger partial charge in [-0.1, -0.05) is 35.5 Å². The van der Waals surface area contributed by atoms with E-state index in [4.69, 9.17) is 4.52 Å². The van der Waals surface area contributed by atoms with Crippen molar-refractivity contribution in [1.29, 1.82) is 0 Å². The molecule has 2 heterocycles. The van der Waals surface area contributed by atoms with Crippen LogP contribution in [0.15, 0.2) is 51.9 Å². The van der Waals surface area contributed by atoms with E-state index in [1.165, 1.54) is 17.4 Å². The first-order valence-corrected chi connectivity index (χ1v) is 11.2. The van der Waals surface area contributed by atoms with Gasteiger partial charge < -0.3 is 9.42 Å². The van der Waals surface area contributed by atoms with Crippen LogP contribution < -0.4 is 4.90 Å². The van der Waals surface area contributed by atoms with Gasteiger partial charge in [0.25, 0.3) is 0 Å². The van der Waals surface area contributed by atoms with Crippen LogP contribution in [0.5, 0.6) is 0 Å². The molecule has 6 nitrogen and oxygen atoms in total. The van der Waals surface area contributed by atoms with Crippen LogP contribution in [-0.2, 0) is 29.2 Å². The zero-order chi connectivity index (χ0) is 19.7. The number of aryl methyl sites for hydroxylation is 2. The summed E-state index contributed by atoms with van der Waals surface area (Å²) in [5.41, 5.74) is 4.46. The van der Waals surface area contributed by atoms with E-state index >= 15 is 0 Å². The molecule has 0 aliphatic carbocycles. The molecular formula is C21H23N3O3S. The van der Waals surface area contributed by atoms with Gasteiger partial charge in [-0.25, -0.2) is 8.42 Å². The Labute approximate surface area is 165 Å². The fraction of sp³-hybridized carbons (Fsp3) is 0.333. The van der Waals surface area contributed by atoms with Gasteiger partial charge in [-0.05, 0) is 48.6 Å². The van der Waals surface area contributed by atoms with E-state index in [1.807, 2.05) is 18.2 Å². The Hall–Kier alpha value is -2.67. The highest BCUT2D eigenvalue weighted by Crippen LogP contribution is 2.30. The summed E-state index contributed by atoms with van der Waals surface area (Å²) in [4.78, 5) is 7.02. The number of anilines is 1. The Morgan fingerprint density at radius 1 is 1.18 bits per heavy atom. The fourth-order valence-corrected chi connectivity index (χ4v) is 4.23. The van der Waals surface area contributed by atoms with Crippen molar-refractivity contribution in [3.63, 3.8) is 0 Å². The average Bonchev–Trinajstić information content (AvgIpc) is 3.10. The number of hydrogen-bond acceptors (Lipinski definition) is 6. The molecule has 2 aromatic carbocycles. The number of rotatable bonds is 5. The predicted molar refractivity (Wildman–Crippen MR) is 107 cm³/mol. The number of fused-ring (bicyclic) bond motifs is 1. The lowest BCUT2D eigenvalue weighted by atomic mass is 10.0. The Bertz CT molecular complexity index is 1110. The van der Waals surface area contributed by atoms with Gasteiger partial charge in [0, 0.05) is 18.5 Å². The Kier molecular flexibility index (Phi) is 4.93. The van der Waals surface area contributed by atoms with Crippen molar-refractivity contribution in [1.82, 2.24) is 10.1 Å². The molecule has 1 aliphatic rings. The summed E-state index contributed by atoms with van der Waals surface area (Å²) in [7, 11) is -3.24. The highest BCUT2D eigenvalue weighted by Gasteiger charge is 2.21. The van der Waals surface area contributed by atoms with Crippen molar-refractivity contribution in [2.45, 2.75) is 37.6 Å². The van der Waals surface area contributed by atoms with Gasteiger partial charge in [-0.3, -0.25) is 0 Å². The van der Waals surface area contributed by atoms with Crippen LogP contribution in [0.25, 0.3) is 0 Å². The van der Waals surface area contributed by atoms with E-state index in [9.17, 15) is 8.42 Å². The summed E-state index contributed by atoms with van der Waals surface area (Å²) in [6, 6.07) is 13.5. The molecule has 1 aromatic heterocycles. The number of nitrogens with zero attached hydrogens (tertiary/aromatic N) is 3. The molecule has 0 saturated carbocycles. The third-order valence-electron chi connectivity index (χ3n) is 5.15. The summed E-state index contributed by atoms with van der Waals surface area (Å²) in [5, 5.41) is 4.13. The second-order valence-electron chi connectivity index (χ2n) is 7.30. The molecule has 0 fully saturated rings. The highest BCUT2D eigenvalue weighted by molar-refractivity contribution is 7.90. The van der Waals surface area contributed by atoms with E-state index in [-0.39, 0.29) is 0 Å². The van der Waals surface area contributed by atoms with Crippen molar-refractivity contribution < 1.29 is 12.9 Å². The minimum Gasteiger partial charge on any atom is -0.364 e. The van der Waals surface area contributed by atoms with Crippen LogP contribution in [0.1, 0.15) is 34.8 Å². The van der Waals surface area contributed by atoms with E-state index in [0.29, 0.717) is 29.6 Å². The molecule has 0 unspecified atom stereocenters. The molecule has 0 spiro atoms. The molecular weight excluding hydrogens is 374 g/mol. The third kappa shape index (κ3) is 3.94. The van der Waals surface area contributed by atoms with Crippen LogP contribution in [0.3, 0.4) is 0 Å². The molecule has 0 amide bonds. The van der Waals surface area contributed by atoms with E-state index in [0.717, 1.165) is 30.6 Å². The molecule has 3 aromatic rings. The number of sulfone groups is 1. The van der Waals surface area contributed by atoms with Crippen LogP contribution in [0.2, 0.25) is 0 Å². The first-order chi connectivity index (χ1) is 13.4. The minimum atomic E-state index is -3.24. The monoisotopic (exact) mass is 397 g/mol. The van der Waals surface area contributed by atoms with Gasteiger partial charge in [-0.2, -0.15) is 4.98 Å². The summed E-state index contributed by atoms with van der Waals surface area (Å²) >= 11 is 0. The molecule has 28 heavy (non-hydrogen) atoms. The Morgan fingerprint density at radius 2 is 2.00 bits per heavy atom. The molecule has 4 rings (SSSR count). The summed E-state index contributed by atoms with van der Waals surface area (Å²) in [6.07, 6.45) is 3.80. The zero-order valence-corrected chi connectivity index (χ0v) is 16.9. The lowest BCUT2D eigenvalue weighted by Crippen LogP contribution is -2.29. The standard InChI is InChI=1S/C21H23N3O3S/c1-15-6-3-4-7-17(15)12-21-22-20(23-27-21)14-24-11-5-8-16-9-10-18(13-19(16)24)28(2,25)26/h3-4,6-7,9-10,13H,5,8,11-12,14H2,1-2H3. The number of benzene rings is 2. The molecule has 1 aliphatic heterocycles. The second-order valence-corrected chi connectivity index (χ2v) is 9.31. The van der Waals surface area contributed by atoms with Gasteiger partial charge in [0.1, 0.15) is 0 Å². The number of hydrogen-bond donors (Lipinski definition) is 0. The van der Waals surface area contributed by atoms with Crippen LogP contribution in [0, 0.1) is 6.92 Å². The second kappa shape index (κ2) is 7.39. The Balaban J connectivity index is 1.55. The van der Waals surface area contributed by atoms with Crippen LogP contribution >= 0.6 is 0 Å². The molecule has 0 bridgehead atoms. The maximum absolute atomic E-state index is 11.9.